The summed E-state index contributed by atoms with van der Waals surface area (Å²) in [5, 5.41) is 8.13. The van der Waals surface area contributed by atoms with Crippen molar-refractivity contribution in [3.63, 3.8) is 0 Å². The molecule has 2 aromatic carbocycles. The first-order valence-electron chi connectivity index (χ1n) is 11.3. The number of rotatable bonds is 7. The molecule has 1 aliphatic heterocycles. The molecule has 1 saturated heterocycles. The standard InChI is InChI=1S/C25H27Cl2N5O3/c1-17(33)32-10-8-31(9-11-32)12-13-35-23-7-6-20(15-21(23)24-22(27)16-28-30(24)2)29-25(34)18-4-3-5-19(26)14-18/h3-7,14-16H,8-13H2,1-2H3,(H,29,34). The number of aryl methyl sites for hydroxylation is 1. The van der Waals surface area contributed by atoms with Gasteiger partial charge < -0.3 is 15.0 Å². The molecule has 0 saturated carbocycles. The maximum Gasteiger partial charge on any atom is 0.255 e. The molecule has 2 heterocycles. The molecule has 1 N–H and O–H groups in total. The minimum Gasteiger partial charge on any atom is -0.492 e. The summed E-state index contributed by atoms with van der Waals surface area (Å²) in [6.07, 6.45) is 1.58. The molecule has 2 amide bonds. The lowest BCUT2D eigenvalue weighted by atomic mass is 10.1. The van der Waals surface area contributed by atoms with Crippen LogP contribution in [0.1, 0.15) is 17.3 Å². The van der Waals surface area contributed by atoms with E-state index in [4.69, 9.17) is 27.9 Å². The van der Waals surface area contributed by atoms with Crippen LogP contribution < -0.4 is 10.1 Å². The number of anilines is 1. The van der Waals surface area contributed by atoms with E-state index in [2.05, 4.69) is 15.3 Å². The van der Waals surface area contributed by atoms with Crippen LogP contribution in [0.5, 0.6) is 5.75 Å². The van der Waals surface area contributed by atoms with Gasteiger partial charge in [0.15, 0.2) is 0 Å². The Morgan fingerprint density at radius 3 is 2.51 bits per heavy atom. The molecule has 4 rings (SSSR count). The van der Waals surface area contributed by atoms with Crippen LogP contribution in [0.25, 0.3) is 11.3 Å². The Hall–Kier alpha value is -3.07. The number of amides is 2. The zero-order chi connectivity index (χ0) is 24.9. The second-order valence-corrected chi connectivity index (χ2v) is 9.18. The first-order valence-corrected chi connectivity index (χ1v) is 12.1. The van der Waals surface area contributed by atoms with Crippen molar-refractivity contribution in [1.29, 1.82) is 0 Å². The van der Waals surface area contributed by atoms with Crippen LogP contribution in [-0.2, 0) is 11.8 Å². The second-order valence-electron chi connectivity index (χ2n) is 8.34. The zero-order valence-electron chi connectivity index (χ0n) is 19.6. The summed E-state index contributed by atoms with van der Waals surface area (Å²) >= 11 is 12.5. The number of nitrogens with zero attached hydrogens (tertiary/aromatic N) is 4. The van der Waals surface area contributed by atoms with E-state index < -0.39 is 0 Å². The third-order valence-electron chi connectivity index (χ3n) is 5.96. The summed E-state index contributed by atoms with van der Waals surface area (Å²) in [6.45, 7) is 5.90. The largest absolute Gasteiger partial charge is 0.492 e. The summed E-state index contributed by atoms with van der Waals surface area (Å²) in [4.78, 5) is 28.4. The Bertz CT molecular complexity index is 1200. The summed E-state index contributed by atoms with van der Waals surface area (Å²) in [6, 6.07) is 12.2. The predicted octanol–water partition coefficient (Wildman–Crippen LogP) is 4.19. The molecule has 0 radical (unpaired) electrons. The number of carbonyl (C=O) groups is 2. The molecule has 35 heavy (non-hydrogen) atoms. The molecule has 184 valence electrons. The molecular formula is C25H27Cl2N5O3. The maximum absolute atomic E-state index is 12.7. The van der Waals surface area contributed by atoms with Gasteiger partial charge in [-0.15, -0.1) is 0 Å². The molecule has 10 heteroatoms. The quantitative estimate of drug-likeness (QED) is 0.510. The molecule has 0 spiro atoms. The van der Waals surface area contributed by atoms with Gasteiger partial charge in [0.2, 0.25) is 5.91 Å². The molecule has 0 aliphatic carbocycles. The minimum absolute atomic E-state index is 0.112. The molecule has 0 unspecified atom stereocenters. The van der Waals surface area contributed by atoms with Crippen molar-refractivity contribution >= 4 is 40.7 Å². The fraction of sp³-hybridized carbons (Fsp3) is 0.320. The van der Waals surface area contributed by atoms with E-state index in [1.54, 1.807) is 55.2 Å². The number of carbonyl (C=O) groups excluding carboxylic acids is 2. The SMILES string of the molecule is CC(=O)N1CCN(CCOc2ccc(NC(=O)c3cccc(Cl)c3)cc2-c2c(Cl)cnn2C)CC1. The second kappa shape index (κ2) is 11.1. The van der Waals surface area contributed by atoms with Crippen molar-refractivity contribution in [2.75, 3.05) is 44.6 Å². The summed E-state index contributed by atoms with van der Waals surface area (Å²) < 4.78 is 7.83. The van der Waals surface area contributed by atoms with E-state index in [9.17, 15) is 9.59 Å². The molecule has 3 aromatic rings. The van der Waals surface area contributed by atoms with Crippen LogP contribution in [0, 0.1) is 0 Å². The van der Waals surface area contributed by atoms with Gasteiger partial charge in [-0.05, 0) is 36.4 Å². The maximum atomic E-state index is 12.7. The predicted molar refractivity (Wildman–Crippen MR) is 137 cm³/mol. The Morgan fingerprint density at radius 2 is 1.86 bits per heavy atom. The Labute approximate surface area is 214 Å². The van der Waals surface area contributed by atoms with Gasteiger partial charge in [-0.25, -0.2) is 0 Å². The lowest BCUT2D eigenvalue weighted by molar-refractivity contribution is -0.130. The monoisotopic (exact) mass is 515 g/mol. The molecule has 0 bridgehead atoms. The van der Waals surface area contributed by atoms with E-state index in [0.29, 0.717) is 39.3 Å². The van der Waals surface area contributed by atoms with Gasteiger partial charge in [-0.1, -0.05) is 29.3 Å². The topological polar surface area (TPSA) is 79.7 Å². The highest BCUT2D eigenvalue weighted by atomic mass is 35.5. The third kappa shape index (κ3) is 6.14. The summed E-state index contributed by atoms with van der Waals surface area (Å²) in [5.74, 6) is 0.479. The van der Waals surface area contributed by atoms with Crippen molar-refractivity contribution in [2.24, 2.45) is 7.05 Å². The average molecular weight is 516 g/mol. The number of nitrogens with one attached hydrogen (secondary N) is 1. The Kier molecular flexibility index (Phi) is 7.95. The zero-order valence-corrected chi connectivity index (χ0v) is 21.1. The van der Waals surface area contributed by atoms with Crippen LogP contribution >= 0.6 is 23.2 Å². The number of aromatic nitrogens is 2. The van der Waals surface area contributed by atoms with E-state index in [0.717, 1.165) is 38.3 Å². The number of hydrogen-bond donors (Lipinski definition) is 1. The Balaban J connectivity index is 1.49. The van der Waals surface area contributed by atoms with E-state index in [-0.39, 0.29) is 11.8 Å². The smallest absolute Gasteiger partial charge is 0.255 e. The average Bonchev–Trinajstić information content (AvgIpc) is 3.17. The number of piperazine rings is 1. The van der Waals surface area contributed by atoms with E-state index >= 15 is 0 Å². The normalized spacial score (nSPS) is 14.1. The van der Waals surface area contributed by atoms with Gasteiger partial charge in [0.05, 0.1) is 16.9 Å². The highest BCUT2D eigenvalue weighted by molar-refractivity contribution is 6.33. The fourth-order valence-electron chi connectivity index (χ4n) is 4.04. The summed E-state index contributed by atoms with van der Waals surface area (Å²) in [7, 11) is 1.80. The van der Waals surface area contributed by atoms with E-state index in [1.165, 1.54) is 0 Å². The lowest BCUT2D eigenvalue weighted by Crippen LogP contribution is -2.48. The van der Waals surface area contributed by atoms with Crippen molar-refractivity contribution in [2.45, 2.75) is 6.92 Å². The van der Waals surface area contributed by atoms with Gasteiger partial charge in [-0.3, -0.25) is 19.2 Å². The van der Waals surface area contributed by atoms with Gasteiger partial charge in [0.1, 0.15) is 12.4 Å². The number of benzene rings is 2. The molecule has 1 aromatic heterocycles. The number of hydrogen-bond acceptors (Lipinski definition) is 5. The van der Waals surface area contributed by atoms with Crippen molar-refractivity contribution < 1.29 is 14.3 Å². The van der Waals surface area contributed by atoms with Gasteiger partial charge in [-0.2, -0.15) is 5.10 Å². The molecule has 0 atom stereocenters. The third-order valence-corrected chi connectivity index (χ3v) is 6.47. The van der Waals surface area contributed by atoms with E-state index in [1.807, 2.05) is 17.0 Å². The first kappa shape index (κ1) is 25.0. The Morgan fingerprint density at radius 1 is 1.09 bits per heavy atom. The number of ether oxygens (including phenoxy) is 1. The van der Waals surface area contributed by atoms with Gasteiger partial charge in [0, 0.05) is 68.5 Å². The van der Waals surface area contributed by atoms with Gasteiger partial charge >= 0.3 is 0 Å². The molecule has 1 fully saturated rings. The highest BCUT2D eigenvalue weighted by Gasteiger charge is 2.20. The van der Waals surface area contributed by atoms with Crippen LogP contribution in [0.15, 0.2) is 48.7 Å². The van der Waals surface area contributed by atoms with Crippen LogP contribution in [0.2, 0.25) is 10.0 Å². The van der Waals surface area contributed by atoms with Crippen LogP contribution in [0.3, 0.4) is 0 Å². The summed E-state index contributed by atoms with van der Waals surface area (Å²) in [5.41, 5.74) is 2.47. The first-order chi connectivity index (χ1) is 16.8. The van der Waals surface area contributed by atoms with Crippen molar-refractivity contribution in [3.8, 4) is 17.0 Å². The molecule has 1 aliphatic rings. The van der Waals surface area contributed by atoms with Crippen molar-refractivity contribution in [1.82, 2.24) is 19.6 Å². The van der Waals surface area contributed by atoms with Crippen molar-refractivity contribution in [3.05, 3.63) is 64.3 Å². The minimum atomic E-state index is -0.270. The van der Waals surface area contributed by atoms with Gasteiger partial charge in [0.25, 0.3) is 5.91 Å². The van der Waals surface area contributed by atoms with Crippen LogP contribution in [0.4, 0.5) is 5.69 Å². The lowest BCUT2D eigenvalue weighted by Gasteiger charge is -2.34. The molecular weight excluding hydrogens is 489 g/mol. The molecule has 8 nitrogen and oxygen atoms in total. The van der Waals surface area contributed by atoms with Crippen LogP contribution in [-0.4, -0.2) is 70.7 Å². The highest BCUT2D eigenvalue weighted by Crippen LogP contribution is 2.36. The fourth-order valence-corrected chi connectivity index (χ4v) is 4.49. The number of halogens is 2.